The van der Waals surface area contributed by atoms with Gasteiger partial charge in [0.1, 0.15) is 0 Å². The zero-order valence-corrected chi connectivity index (χ0v) is 15.0. The summed E-state index contributed by atoms with van der Waals surface area (Å²) in [7, 11) is 0. The topological polar surface area (TPSA) is 24.9 Å². The number of aromatic nitrogens is 1. The van der Waals surface area contributed by atoms with Gasteiger partial charge in [-0.25, -0.2) is 4.98 Å². The van der Waals surface area contributed by atoms with Crippen LogP contribution in [0.2, 0.25) is 0 Å². The molecular weight excluding hydrogens is 456 g/mol. The summed E-state index contributed by atoms with van der Waals surface area (Å²) in [5, 5.41) is 4.22. The molecule has 0 aliphatic rings. The van der Waals surface area contributed by atoms with Crippen molar-refractivity contribution in [3.8, 4) is 0 Å². The summed E-state index contributed by atoms with van der Waals surface area (Å²) in [5.41, 5.74) is 1.99. The van der Waals surface area contributed by atoms with Crippen LogP contribution in [-0.2, 0) is 0 Å². The van der Waals surface area contributed by atoms with E-state index in [9.17, 15) is 0 Å². The maximum atomic E-state index is 4.58. The van der Waals surface area contributed by atoms with Gasteiger partial charge in [-0.2, -0.15) is 0 Å². The summed E-state index contributed by atoms with van der Waals surface area (Å²) in [6.07, 6.45) is 0. The fourth-order valence-corrected chi connectivity index (χ4v) is 3.58. The number of fused-ring (bicyclic) bond motifs is 1. The molecule has 0 fully saturated rings. The second-order valence-electron chi connectivity index (χ2n) is 3.88. The number of benzene rings is 2. The number of rotatable bonds is 2. The average molecular weight is 463 g/mol. The zero-order chi connectivity index (χ0) is 13.4. The highest BCUT2D eigenvalue weighted by molar-refractivity contribution is 9.11. The minimum atomic E-state index is 0.881. The van der Waals surface area contributed by atoms with Crippen molar-refractivity contribution in [2.24, 2.45) is 0 Å². The molecule has 0 aliphatic heterocycles. The van der Waals surface area contributed by atoms with Crippen molar-refractivity contribution in [2.75, 3.05) is 5.32 Å². The first-order valence-corrected chi connectivity index (χ1v) is 8.59. The summed E-state index contributed by atoms with van der Waals surface area (Å²) in [5.74, 6) is 0. The van der Waals surface area contributed by atoms with E-state index in [0.29, 0.717) is 0 Å². The number of nitrogens with zero attached hydrogens (tertiary/aromatic N) is 1. The van der Waals surface area contributed by atoms with Gasteiger partial charge in [-0.15, -0.1) is 0 Å². The van der Waals surface area contributed by atoms with Crippen LogP contribution in [0.25, 0.3) is 10.2 Å². The molecule has 19 heavy (non-hydrogen) atoms. The summed E-state index contributed by atoms with van der Waals surface area (Å²) >= 11 is 12.1. The van der Waals surface area contributed by atoms with E-state index >= 15 is 0 Å². The molecule has 2 nitrogen and oxygen atoms in total. The molecule has 6 heteroatoms. The smallest absolute Gasteiger partial charge is 0.188 e. The lowest BCUT2D eigenvalue weighted by molar-refractivity contribution is 1.43. The van der Waals surface area contributed by atoms with E-state index < -0.39 is 0 Å². The number of hydrogen-bond donors (Lipinski definition) is 1. The molecule has 0 radical (unpaired) electrons. The SMILES string of the molecule is Brc1ccc(Br)c(Nc2nc3cc(Br)ccc3s2)c1. The maximum absolute atomic E-state index is 4.58. The third-order valence-electron chi connectivity index (χ3n) is 2.52. The Morgan fingerprint density at radius 2 is 1.68 bits per heavy atom. The van der Waals surface area contributed by atoms with Gasteiger partial charge in [0.05, 0.1) is 15.9 Å². The molecule has 0 amide bonds. The minimum Gasteiger partial charge on any atom is -0.331 e. The predicted octanol–water partition coefficient (Wildman–Crippen LogP) is 6.33. The summed E-state index contributed by atoms with van der Waals surface area (Å²) in [4.78, 5) is 4.58. The van der Waals surface area contributed by atoms with Crippen LogP contribution in [0.4, 0.5) is 10.8 Å². The van der Waals surface area contributed by atoms with Crippen molar-refractivity contribution < 1.29 is 0 Å². The Hall–Kier alpha value is -0.430. The van der Waals surface area contributed by atoms with Gasteiger partial charge in [-0.3, -0.25) is 0 Å². The van der Waals surface area contributed by atoms with E-state index in [4.69, 9.17) is 0 Å². The van der Waals surface area contributed by atoms with Crippen molar-refractivity contribution in [2.45, 2.75) is 0 Å². The average Bonchev–Trinajstić information content (AvgIpc) is 2.75. The number of thiazole rings is 1. The van der Waals surface area contributed by atoms with Gasteiger partial charge in [0.2, 0.25) is 0 Å². The highest BCUT2D eigenvalue weighted by Crippen LogP contribution is 2.33. The molecule has 3 aromatic rings. The van der Waals surface area contributed by atoms with Gasteiger partial charge in [-0.05, 0) is 52.3 Å². The van der Waals surface area contributed by atoms with Gasteiger partial charge in [0.25, 0.3) is 0 Å². The highest BCUT2D eigenvalue weighted by atomic mass is 79.9. The second kappa shape index (κ2) is 5.52. The van der Waals surface area contributed by atoms with E-state index in [1.54, 1.807) is 11.3 Å². The lowest BCUT2D eigenvalue weighted by Crippen LogP contribution is -1.90. The third-order valence-corrected chi connectivity index (χ3v) is 5.15. The van der Waals surface area contributed by atoms with Crippen LogP contribution < -0.4 is 5.32 Å². The molecule has 1 heterocycles. The molecule has 0 unspecified atom stereocenters. The Morgan fingerprint density at radius 3 is 2.53 bits per heavy atom. The van der Waals surface area contributed by atoms with Crippen molar-refractivity contribution in [1.29, 1.82) is 0 Å². The first-order valence-electron chi connectivity index (χ1n) is 5.40. The molecule has 0 spiro atoms. The molecule has 1 aromatic heterocycles. The molecule has 1 N–H and O–H groups in total. The molecule has 0 aliphatic carbocycles. The van der Waals surface area contributed by atoms with Gasteiger partial charge < -0.3 is 5.32 Å². The molecule has 2 aromatic carbocycles. The van der Waals surface area contributed by atoms with E-state index in [-0.39, 0.29) is 0 Å². The molecule has 0 saturated carbocycles. The zero-order valence-electron chi connectivity index (χ0n) is 9.45. The van der Waals surface area contributed by atoms with Crippen LogP contribution >= 0.6 is 59.1 Å². The van der Waals surface area contributed by atoms with Crippen LogP contribution in [0.5, 0.6) is 0 Å². The van der Waals surface area contributed by atoms with Crippen molar-refractivity contribution >= 4 is 80.2 Å². The Labute approximate surface area is 139 Å². The largest absolute Gasteiger partial charge is 0.331 e. The third kappa shape index (κ3) is 3.02. The standard InChI is InChI=1S/C13H7Br3N2S/c14-7-1-3-9(16)10(5-7)17-13-18-11-6-8(15)2-4-12(11)19-13/h1-6H,(H,17,18). The van der Waals surface area contributed by atoms with E-state index in [1.807, 2.05) is 30.3 Å². The monoisotopic (exact) mass is 460 g/mol. The predicted molar refractivity (Wildman–Crippen MR) is 92.4 cm³/mol. The highest BCUT2D eigenvalue weighted by Gasteiger charge is 2.07. The number of hydrogen-bond acceptors (Lipinski definition) is 3. The second-order valence-corrected chi connectivity index (χ2v) is 7.60. The number of anilines is 2. The van der Waals surface area contributed by atoms with Crippen molar-refractivity contribution in [1.82, 2.24) is 4.98 Å². The van der Waals surface area contributed by atoms with E-state index in [1.165, 1.54) is 0 Å². The van der Waals surface area contributed by atoms with Gasteiger partial charge in [0.15, 0.2) is 5.13 Å². The lowest BCUT2D eigenvalue weighted by atomic mass is 10.3. The van der Waals surface area contributed by atoms with Crippen LogP contribution in [0.1, 0.15) is 0 Å². The summed E-state index contributed by atoms with van der Waals surface area (Å²) in [6.45, 7) is 0. The molecule has 0 bridgehead atoms. The van der Waals surface area contributed by atoms with Gasteiger partial charge >= 0.3 is 0 Å². The number of nitrogens with one attached hydrogen (secondary N) is 1. The molecular formula is C13H7Br3N2S. The van der Waals surface area contributed by atoms with Crippen LogP contribution in [0, 0.1) is 0 Å². The Balaban J connectivity index is 1.98. The Kier molecular flexibility index (Phi) is 3.93. The molecule has 0 atom stereocenters. The van der Waals surface area contributed by atoms with E-state index in [0.717, 1.165) is 34.5 Å². The molecule has 3 rings (SSSR count). The fraction of sp³-hybridized carbons (Fsp3) is 0. The Bertz CT molecular complexity index is 755. The summed E-state index contributed by atoms with van der Waals surface area (Å²) < 4.78 is 4.25. The molecule has 96 valence electrons. The maximum Gasteiger partial charge on any atom is 0.188 e. The quantitative estimate of drug-likeness (QED) is 0.481. The van der Waals surface area contributed by atoms with Crippen LogP contribution in [0.3, 0.4) is 0 Å². The summed E-state index contributed by atoms with van der Waals surface area (Å²) in [6, 6.07) is 12.1. The normalized spacial score (nSPS) is 10.9. The fourth-order valence-electron chi connectivity index (χ4n) is 1.66. The van der Waals surface area contributed by atoms with Crippen LogP contribution in [0.15, 0.2) is 49.8 Å². The molecule has 0 saturated heterocycles. The Morgan fingerprint density at radius 1 is 0.947 bits per heavy atom. The minimum absolute atomic E-state index is 0.881. The van der Waals surface area contributed by atoms with Gasteiger partial charge in [-0.1, -0.05) is 43.2 Å². The first kappa shape index (κ1) is 13.5. The first-order chi connectivity index (χ1) is 9.11. The number of halogens is 3. The van der Waals surface area contributed by atoms with Crippen LogP contribution in [-0.4, -0.2) is 4.98 Å². The van der Waals surface area contributed by atoms with Crippen molar-refractivity contribution in [3.05, 3.63) is 49.8 Å². The van der Waals surface area contributed by atoms with Gasteiger partial charge in [0, 0.05) is 13.4 Å². The van der Waals surface area contributed by atoms with E-state index in [2.05, 4.69) is 64.2 Å². The lowest BCUT2D eigenvalue weighted by Gasteiger charge is -2.05. The van der Waals surface area contributed by atoms with Crippen molar-refractivity contribution in [3.63, 3.8) is 0 Å².